The zero-order valence-electron chi connectivity index (χ0n) is 9.06. The fourth-order valence-corrected chi connectivity index (χ4v) is 1.24. The van der Waals surface area contributed by atoms with Crippen molar-refractivity contribution in [3.05, 3.63) is 0 Å². The van der Waals surface area contributed by atoms with Gasteiger partial charge in [0.05, 0.1) is 5.41 Å². The van der Waals surface area contributed by atoms with Gasteiger partial charge in [-0.3, -0.25) is 4.79 Å². The lowest BCUT2D eigenvalue weighted by Crippen LogP contribution is -2.43. The Morgan fingerprint density at radius 1 is 1.38 bits per heavy atom. The second-order valence-corrected chi connectivity index (χ2v) is 5.31. The molecule has 1 rings (SSSR count). The van der Waals surface area contributed by atoms with E-state index in [9.17, 15) is 4.79 Å². The zero-order chi connectivity index (χ0) is 10.3. The Hall–Kier alpha value is -0.860. The summed E-state index contributed by atoms with van der Waals surface area (Å²) in [5.41, 5.74) is 3.38. The Labute approximate surface area is 79.6 Å². The fourth-order valence-electron chi connectivity index (χ4n) is 1.24. The van der Waals surface area contributed by atoms with Gasteiger partial charge in [0.15, 0.2) is 0 Å². The first-order valence-corrected chi connectivity index (χ1v) is 4.61. The van der Waals surface area contributed by atoms with Gasteiger partial charge in [-0.1, -0.05) is 34.6 Å². The van der Waals surface area contributed by atoms with E-state index in [0.717, 1.165) is 12.1 Å². The van der Waals surface area contributed by atoms with Crippen LogP contribution in [0.1, 0.15) is 41.0 Å². The molecule has 1 aliphatic heterocycles. The zero-order valence-corrected chi connectivity index (χ0v) is 9.06. The van der Waals surface area contributed by atoms with Crippen LogP contribution in [0.2, 0.25) is 0 Å². The molecule has 0 saturated carbocycles. The van der Waals surface area contributed by atoms with E-state index in [4.69, 9.17) is 0 Å². The van der Waals surface area contributed by atoms with Gasteiger partial charge in [-0.25, -0.2) is 5.43 Å². The number of nitrogens with one attached hydrogen (secondary N) is 1. The molecule has 3 heteroatoms. The van der Waals surface area contributed by atoms with Crippen molar-refractivity contribution in [2.45, 2.75) is 41.0 Å². The SMILES string of the molecule is CC(C)(C)C1=NNC(=O)C(C)(C)C1. The lowest BCUT2D eigenvalue weighted by molar-refractivity contribution is -0.129. The third kappa shape index (κ3) is 2.08. The molecule has 13 heavy (non-hydrogen) atoms. The minimum absolute atomic E-state index is 0.0144. The van der Waals surface area contributed by atoms with Crippen LogP contribution in [-0.4, -0.2) is 11.6 Å². The second-order valence-electron chi connectivity index (χ2n) is 5.31. The highest BCUT2D eigenvalue weighted by Crippen LogP contribution is 2.30. The summed E-state index contributed by atoms with van der Waals surface area (Å²) in [6.07, 6.45) is 0.752. The number of carbonyl (C=O) groups excluding carboxylic acids is 1. The molecule has 1 N–H and O–H groups in total. The van der Waals surface area contributed by atoms with Gasteiger partial charge in [0, 0.05) is 17.5 Å². The quantitative estimate of drug-likeness (QED) is 0.611. The normalized spacial score (nSPS) is 22.2. The van der Waals surface area contributed by atoms with Crippen LogP contribution in [0, 0.1) is 10.8 Å². The van der Waals surface area contributed by atoms with Crippen molar-refractivity contribution in [3.63, 3.8) is 0 Å². The molecule has 0 aliphatic carbocycles. The number of amides is 1. The minimum Gasteiger partial charge on any atom is -0.273 e. The van der Waals surface area contributed by atoms with Crippen molar-refractivity contribution in [1.29, 1.82) is 0 Å². The van der Waals surface area contributed by atoms with Crippen LogP contribution < -0.4 is 5.43 Å². The Balaban J connectivity index is 2.90. The van der Waals surface area contributed by atoms with Crippen LogP contribution in [-0.2, 0) is 4.79 Å². The maximum atomic E-state index is 11.4. The van der Waals surface area contributed by atoms with E-state index in [0.29, 0.717) is 0 Å². The number of hydrogen-bond acceptors (Lipinski definition) is 2. The molecule has 3 nitrogen and oxygen atoms in total. The number of nitrogens with zero attached hydrogens (tertiary/aromatic N) is 1. The van der Waals surface area contributed by atoms with Crippen molar-refractivity contribution in [2.24, 2.45) is 15.9 Å². The molecule has 1 aliphatic rings. The van der Waals surface area contributed by atoms with E-state index in [1.807, 2.05) is 13.8 Å². The van der Waals surface area contributed by atoms with Gasteiger partial charge in [0.1, 0.15) is 0 Å². The summed E-state index contributed by atoms with van der Waals surface area (Å²) in [4.78, 5) is 11.4. The first-order chi connectivity index (χ1) is 5.73. The molecule has 0 aromatic heterocycles. The van der Waals surface area contributed by atoms with Crippen LogP contribution in [0.4, 0.5) is 0 Å². The standard InChI is InChI=1S/C10H18N2O/c1-9(2,3)7-6-10(4,5)8(13)12-11-7/h6H2,1-5H3,(H,12,13). The van der Waals surface area contributed by atoms with Gasteiger partial charge in [0.25, 0.3) is 0 Å². The Bertz CT molecular complexity index is 259. The van der Waals surface area contributed by atoms with Crippen molar-refractivity contribution in [1.82, 2.24) is 5.43 Å². The molecular formula is C10H18N2O. The Morgan fingerprint density at radius 3 is 2.31 bits per heavy atom. The molecule has 0 spiro atoms. The van der Waals surface area contributed by atoms with Crippen molar-refractivity contribution >= 4 is 11.6 Å². The molecule has 0 aromatic rings. The van der Waals surface area contributed by atoms with Crippen LogP contribution in [0.3, 0.4) is 0 Å². The van der Waals surface area contributed by atoms with Crippen LogP contribution >= 0.6 is 0 Å². The highest BCUT2D eigenvalue weighted by Gasteiger charge is 2.36. The summed E-state index contributed by atoms with van der Waals surface area (Å²) in [5, 5.41) is 4.09. The van der Waals surface area contributed by atoms with Crippen LogP contribution in [0.25, 0.3) is 0 Å². The summed E-state index contributed by atoms with van der Waals surface area (Å²) < 4.78 is 0. The molecule has 0 fully saturated rings. The predicted octanol–water partition coefficient (Wildman–Crippen LogP) is 1.93. The number of rotatable bonds is 0. The molecule has 0 atom stereocenters. The molecule has 1 heterocycles. The van der Waals surface area contributed by atoms with Crippen LogP contribution in [0.15, 0.2) is 5.10 Å². The largest absolute Gasteiger partial charge is 0.273 e. The van der Waals surface area contributed by atoms with E-state index < -0.39 is 0 Å². The fraction of sp³-hybridized carbons (Fsp3) is 0.800. The van der Waals surface area contributed by atoms with Gasteiger partial charge in [0.2, 0.25) is 5.91 Å². The third-order valence-electron chi connectivity index (χ3n) is 2.38. The van der Waals surface area contributed by atoms with E-state index >= 15 is 0 Å². The smallest absolute Gasteiger partial charge is 0.246 e. The van der Waals surface area contributed by atoms with E-state index in [1.165, 1.54) is 0 Å². The summed E-state index contributed by atoms with van der Waals surface area (Å²) in [6, 6.07) is 0. The maximum absolute atomic E-state index is 11.4. The molecule has 0 saturated heterocycles. The third-order valence-corrected chi connectivity index (χ3v) is 2.38. The lowest BCUT2D eigenvalue weighted by atomic mass is 9.77. The average molecular weight is 182 g/mol. The predicted molar refractivity (Wildman–Crippen MR) is 53.4 cm³/mol. The summed E-state index contributed by atoms with van der Waals surface area (Å²) >= 11 is 0. The number of carbonyl (C=O) groups is 1. The Morgan fingerprint density at radius 2 is 1.92 bits per heavy atom. The molecule has 0 unspecified atom stereocenters. The van der Waals surface area contributed by atoms with Gasteiger partial charge in [-0.2, -0.15) is 5.10 Å². The molecule has 74 valence electrons. The van der Waals surface area contributed by atoms with Gasteiger partial charge in [-0.05, 0) is 0 Å². The van der Waals surface area contributed by atoms with Gasteiger partial charge < -0.3 is 0 Å². The molecule has 0 bridgehead atoms. The van der Waals surface area contributed by atoms with Gasteiger partial charge >= 0.3 is 0 Å². The van der Waals surface area contributed by atoms with Crippen molar-refractivity contribution < 1.29 is 4.79 Å². The Kier molecular flexibility index (Phi) is 2.22. The summed E-state index contributed by atoms with van der Waals surface area (Å²) in [7, 11) is 0. The first-order valence-electron chi connectivity index (χ1n) is 4.61. The number of hydrazone groups is 1. The van der Waals surface area contributed by atoms with E-state index in [2.05, 4.69) is 31.3 Å². The lowest BCUT2D eigenvalue weighted by Gasteiger charge is -2.32. The second kappa shape index (κ2) is 2.82. The average Bonchev–Trinajstić information content (AvgIpc) is 1.92. The van der Waals surface area contributed by atoms with Crippen molar-refractivity contribution in [2.75, 3.05) is 0 Å². The monoisotopic (exact) mass is 182 g/mol. The van der Waals surface area contributed by atoms with Crippen LogP contribution in [0.5, 0.6) is 0 Å². The maximum Gasteiger partial charge on any atom is 0.246 e. The van der Waals surface area contributed by atoms with Gasteiger partial charge in [-0.15, -0.1) is 0 Å². The van der Waals surface area contributed by atoms with E-state index in [1.54, 1.807) is 0 Å². The summed E-state index contributed by atoms with van der Waals surface area (Å²) in [5.74, 6) is 0.0144. The summed E-state index contributed by atoms with van der Waals surface area (Å²) in [6.45, 7) is 10.2. The molecule has 0 aromatic carbocycles. The first kappa shape index (κ1) is 10.2. The molecular weight excluding hydrogens is 164 g/mol. The minimum atomic E-state index is -0.315. The topological polar surface area (TPSA) is 41.5 Å². The van der Waals surface area contributed by atoms with E-state index in [-0.39, 0.29) is 16.7 Å². The molecule has 0 radical (unpaired) electrons. The molecule has 1 amide bonds. The van der Waals surface area contributed by atoms with Crippen molar-refractivity contribution in [3.8, 4) is 0 Å². The highest BCUT2D eigenvalue weighted by atomic mass is 16.2. The highest BCUT2D eigenvalue weighted by molar-refractivity contribution is 5.98. The number of hydrogen-bond donors (Lipinski definition) is 1.